The molecule has 6 nitrogen and oxygen atoms in total. The second-order valence-corrected chi connectivity index (χ2v) is 5.94. The third-order valence-corrected chi connectivity index (χ3v) is 4.11. The summed E-state index contributed by atoms with van der Waals surface area (Å²) >= 11 is 0. The summed E-state index contributed by atoms with van der Waals surface area (Å²) in [6, 6.07) is 9.28. The first kappa shape index (κ1) is 19.7. The Labute approximate surface area is 159 Å². The van der Waals surface area contributed by atoms with Gasteiger partial charge in [-0.05, 0) is 36.8 Å². The molecule has 1 aromatic heterocycles. The van der Waals surface area contributed by atoms with Crippen LogP contribution in [0.1, 0.15) is 29.9 Å². The summed E-state index contributed by atoms with van der Waals surface area (Å²) in [4.78, 5) is 4.32. The molecule has 1 atom stereocenters. The van der Waals surface area contributed by atoms with Gasteiger partial charge in [-0.25, -0.2) is 4.98 Å². The third-order valence-electron chi connectivity index (χ3n) is 4.11. The lowest BCUT2D eigenvalue weighted by atomic mass is 10.1. The molecule has 0 unspecified atom stereocenters. The lowest BCUT2D eigenvalue weighted by Crippen LogP contribution is -2.14. The zero-order valence-corrected chi connectivity index (χ0v) is 15.2. The van der Waals surface area contributed by atoms with Crippen molar-refractivity contribution >= 4 is 0 Å². The predicted molar refractivity (Wildman–Crippen MR) is 97.0 cm³/mol. The van der Waals surface area contributed by atoms with Crippen LogP contribution in [-0.4, -0.2) is 28.9 Å². The average molecular weight is 392 g/mol. The Balaban J connectivity index is 1.83. The molecular formula is C19H19F3N4O2. The molecule has 0 aliphatic carbocycles. The Hall–Kier alpha value is -3.07. The van der Waals surface area contributed by atoms with Crippen molar-refractivity contribution in [3.63, 3.8) is 0 Å². The van der Waals surface area contributed by atoms with Crippen LogP contribution in [0.5, 0.6) is 11.5 Å². The van der Waals surface area contributed by atoms with E-state index in [-0.39, 0.29) is 5.82 Å². The molecular weight excluding hydrogens is 373 g/mol. The Bertz CT molecular complexity index is 939. The second kappa shape index (κ2) is 7.89. The lowest BCUT2D eigenvalue weighted by Gasteiger charge is -2.13. The normalized spacial score (nSPS) is 12.6. The summed E-state index contributed by atoms with van der Waals surface area (Å²) < 4.78 is 48.9. The van der Waals surface area contributed by atoms with E-state index in [1.165, 1.54) is 19.2 Å². The van der Waals surface area contributed by atoms with Crippen LogP contribution in [0, 0.1) is 0 Å². The van der Waals surface area contributed by atoms with Gasteiger partial charge in [0.05, 0.1) is 25.3 Å². The van der Waals surface area contributed by atoms with Crippen LogP contribution in [0.15, 0.2) is 42.5 Å². The van der Waals surface area contributed by atoms with Crippen molar-refractivity contribution in [2.24, 2.45) is 5.73 Å². The molecule has 0 bridgehead atoms. The highest BCUT2D eigenvalue weighted by atomic mass is 19.4. The Morgan fingerprint density at radius 3 is 2.43 bits per heavy atom. The molecule has 0 radical (unpaired) electrons. The summed E-state index contributed by atoms with van der Waals surface area (Å²) in [6.07, 6.45) is -4.39. The van der Waals surface area contributed by atoms with Gasteiger partial charge in [-0.3, -0.25) is 5.10 Å². The van der Waals surface area contributed by atoms with Crippen LogP contribution < -0.4 is 15.2 Å². The van der Waals surface area contributed by atoms with Gasteiger partial charge >= 0.3 is 6.18 Å². The minimum atomic E-state index is -4.39. The molecule has 0 aliphatic rings. The molecule has 1 heterocycles. The number of halogens is 3. The van der Waals surface area contributed by atoms with Gasteiger partial charge in [-0.1, -0.05) is 18.2 Å². The molecule has 0 fully saturated rings. The summed E-state index contributed by atoms with van der Waals surface area (Å²) in [5.41, 5.74) is 6.70. The van der Waals surface area contributed by atoms with Gasteiger partial charge in [0.2, 0.25) is 0 Å². The predicted octanol–water partition coefficient (Wildman–Crippen LogP) is 3.95. The largest absolute Gasteiger partial charge is 0.493 e. The topological polar surface area (TPSA) is 86.0 Å². The number of nitrogens with one attached hydrogen (secondary N) is 1. The maximum absolute atomic E-state index is 12.7. The monoisotopic (exact) mass is 392 g/mol. The molecule has 28 heavy (non-hydrogen) atoms. The van der Waals surface area contributed by atoms with Gasteiger partial charge in [0.15, 0.2) is 17.3 Å². The Morgan fingerprint density at radius 1 is 1.11 bits per heavy atom. The second-order valence-electron chi connectivity index (χ2n) is 5.94. The number of nitrogens with zero attached hydrogens (tertiary/aromatic N) is 2. The molecule has 9 heteroatoms. The number of alkyl halides is 3. The summed E-state index contributed by atoms with van der Waals surface area (Å²) in [7, 11) is 1.53. The maximum Gasteiger partial charge on any atom is 0.416 e. The molecule has 2 aromatic carbocycles. The first-order chi connectivity index (χ1) is 13.3. The van der Waals surface area contributed by atoms with Crippen LogP contribution in [-0.2, 0) is 6.18 Å². The zero-order valence-electron chi connectivity index (χ0n) is 15.2. The fraction of sp³-hybridized carbons (Fsp3) is 0.263. The molecule has 0 saturated carbocycles. The number of rotatable bonds is 6. The maximum atomic E-state index is 12.7. The molecule has 3 N–H and O–H groups in total. The van der Waals surface area contributed by atoms with E-state index in [4.69, 9.17) is 15.2 Å². The standard InChI is InChI=1S/C19H19F3N4O2/c1-3-28-14-9-6-12(10-15(14)27-2)16(23)18-24-17(25-26-18)11-4-7-13(8-5-11)19(20,21)22/h4-10,16H,3,23H2,1-2H3,(H,24,25,26)/t16-/m0/s1. The number of aromatic amines is 1. The number of H-pyrrole nitrogens is 1. The number of benzene rings is 2. The number of hydrogen-bond donors (Lipinski definition) is 2. The van der Waals surface area contributed by atoms with Crippen molar-refractivity contribution < 1.29 is 22.6 Å². The number of nitrogens with two attached hydrogens (primary N) is 1. The van der Waals surface area contributed by atoms with Gasteiger partial charge in [0.25, 0.3) is 0 Å². The van der Waals surface area contributed by atoms with Gasteiger partial charge in [0.1, 0.15) is 5.82 Å². The molecule has 0 saturated heterocycles. The highest BCUT2D eigenvalue weighted by molar-refractivity contribution is 5.55. The molecule has 3 aromatic rings. The van der Waals surface area contributed by atoms with Crippen LogP contribution >= 0.6 is 0 Å². The zero-order chi connectivity index (χ0) is 20.3. The van der Waals surface area contributed by atoms with Crippen LogP contribution in [0.3, 0.4) is 0 Å². The quantitative estimate of drug-likeness (QED) is 0.664. The Morgan fingerprint density at radius 2 is 1.82 bits per heavy atom. The minimum Gasteiger partial charge on any atom is -0.493 e. The fourth-order valence-corrected chi connectivity index (χ4v) is 2.66. The van der Waals surface area contributed by atoms with E-state index in [1.54, 1.807) is 18.2 Å². The van der Waals surface area contributed by atoms with Crippen molar-refractivity contribution in [2.45, 2.75) is 19.1 Å². The number of methoxy groups -OCH3 is 1. The highest BCUT2D eigenvalue weighted by Crippen LogP contribution is 2.32. The average Bonchev–Trinajstić information content (AvgIpc) is 3.17. The van der Waals surface area contributed by atoms with E-state index in [0.717, 1.165) is 17.7 Å². The number of ether oxygens (including phenoxy) is 2. The number of aromatic nitrogens is 3. The first-order valence-corrected chi connectivity index (χ1v) is 8.49. The highest BCUT2D eigenvalue weighted by Gasteiger charge is 2.30. The van der Waals surface area contributed by atoms with Crippen molar-refractivity contribution in [1.29, 1.82) is 0 Å². The van der Waals surface area contributed by atoms with Gasteiger partial charge in [0, 0.05) is 5.56 Å². The van der Waals surface area contributed by atoms with Gasteiger partial charge in [-0.15, -0.1) is 0 Å². The van der Waals surface area contributed by atoms with Crippen molar-refractivity contribution in [3.05, 3.63) is 59.4 Å². The lowest BCUT2D eigenvalue weighted by molar-refractivity contribution is -0.137. The van der Waals surface area contributed by atoms with E-state index < -0.39 is 17.8 Å². The Kier molecular flexibility index (Phi) is 5.55. The van der Waals surface area contributed by atoms with E-state index in [9.17, 15) is 13.2 Å². The molecule has 0 spiro atoms. The van der Waals surface area contributed by atoms with Gasteiger partial charge < -0.3 is 15.2 Å². The first-order valence-electron chi connectivity index (χ1n) is 8.49. The van der Waals surface area contributed by atoms with Crippen molar-refractivity contribution in [3.8, 4) is 22.9 Å². The summed E-state index contributed by atoms with van der Waals surface area (Å²) in [5, 5.41) is 6.81. The van der Waals surface area contributed by atoms with Crippen LogP contribution in [0.2, 0.25) is 0 Å². The van der Waals surface area contributed by atoms with E-state index in [0.29, 0.717) is 29.5 Å². The molecule has 0 amide bonds. The van der Waals surface area contributed by atoms with Crippen molar-refractivity contribution in [1.82, 2.24) is 15.2 Å². The molecule has 3 rings (SSSR count). The van der Waals surface area contributed by atoms with Crippen molar-refractivity contribution in [2.75, 3.05) is 13.7 Å². The van der Waals surface area contributed by atoms with E-state index in [1.807, 2.05) is 6.92 Å². The summed E-state index contributed by atoms with van der Waals surface area (Å²) in [6.45, 7) is 2.37. The van der Waals surface area contributed by atoms with Gasteiger partial charge in [-0.2, -0.15) is 18.3 Å². The number of hydrogen-bond acceptors (Lipinski definition) is 5. The smallest absolute Gasteiger partial charge is 0.416 e. The minimum absolute atomic E-state index is 0.261. The summed E-state index contributed by atoms with van der Waals surface area (Å²) in [5.74, 6) is 1.78. The third kappa shape index (κ3) is 4.09. The van der Waals surface area contributed by atoms with Crippen LogP contribution in [0.25, 0.3) is 11.4 Å². The van der Waals surface area contributed by atoms with E-state index in [2.05, 4.69) is 15.2 Å². The van der Waals surface area contributed by atoms with E-state index >= 15 is 0 Å². The van der Waals surface area contributed by atoms with Crippen LogP contribution in [0.4, 0.5) is 13.2 Å². The molecule has 0 aliphatic heterocycles. The molecule has 148 valence electrons. The SMILES string of the molecule is CCOc1ccc([C@H](N)c2nc(-c3ccc(C(F)(F)F)cc3)n[nH]2)cc1OC. The fourth-order valence-electron chi connectivity index (χ4n) is 2.66.